The first-order valence-corrected chi connectivity index (χ1v) is 20.6. The molecule has 0 amide bonds. The number of aliphatic hydroxyl groups is 3. The van der Waals surface area contributed by atoms with E-state index in [0.29, 0.717) is 25.7 Å². The molecule has 12 heteroatoms. The van der Waals surface area contributed by atoms with Gasteiger partial charge in [-0.15, -0.1) is 0 Å². The topological polar surface area (TPSA) is 169 Å². The van der Waals surface area contributed by atoms with Gasteiger partial charge in [-0.1, -0.05) is 127 Å². The molecule has 4 atom stereocenters. The van der Waals surface area contributed by atoms with Crippen molar-refractivity contribution in [3.8, 4) is 0 Å². The lowest BCUT2D eigenvalue weighted by atomic mass is 10.0. The second-order valence-electron chi connectivity index (χ2n) is 13.3. The predicted molar refractivity (Wildman–Crippen MR) is 202 cm³/mol. The molecule has 0 rings (SSSR count). The van der Waals surface area contributed by atoms with Gasteiger partial charge in [-0.2, -0.15) is 0 Å². The number of ether oxygens (including phenoxy) is 2. The number of esters is 2. The van der Waals surface area contributed by atoms with Gasteiger partial charge >= 0.3 is 19.8 Å². The fourth-order valence-electron chi connectivity index (χ4n) is 4.72. The Morgan fingerprint density at radius 2 is 1.37 bits per heavy atom. The first-order chi connectivity index (χ1) is 24.5. The highest BCUT2D eigenvalue weighted by Gasteiger charge is 2.27. The SMILES string of the molecule is CCCCC/C=C\C/C=C\CC(O)/C=C\C=C\CCCC(=O)O[C@H](COC(=O)CCCCCCCCCC(C)C)COP(=O)(O)OC[C@@H](O)CO. The Morgan fingerprint density at radius 3 is 2.08 bits per heavy atom. The summed E-state index contributed by atoms with van der Waals surface area (Å²) in [6.07, 6.45) is 28.5. The molecule has 0 fully saturated rings. The molecular formula is C39H69O11P. The first-order valence-electron chi connectivity index (χ1n) is 19.1. The average Bonchev–Trinajstić information content (AvgIpc) is 3.09. The van der Waals surface area contributed by atoms with Crippen LogP contribution in [0.4, 0.5) is 0 Å². The van der Waals surface area contributed by atoms with E-state index in [2.05, 4.69) is 37.4 Å². The fraction of sp³-hybridized carbons (Fsp3) is 0.744. The standard InChI is InChI=1S/C39H69O11P/c1-4-5-6-7-8-9-12-16-21-26-35(41)27-22-17-14-19-24-29-39(44)50-37(33-49-51(45,46)48-31-36(42)30-40)32-47-38(43)28-23-18-13-10-11-15-20-25-34(2)3/h8-9,14,16-17,21-22,27,34-37,40-42H,4-7,10-13,15,18-20,23-26,28-33H2,1-3H3,(H,45,46)/b9-8-,17-14+,21-16-,27-22-/t35?,36-,37+/m0/s1. The second-order valence-corrected chi connectivity index (χ2v) is 14.7. The van der Waals surface area contributed by atoms with Crippen molar-refractivity contribution in [2.75, 3.05) is 26.4 Å². The van der Waals surface area contributed by atoms with Crippen molar-refractivity contribution in [3.05, 3.63) is 48.6 Å². The molecule has 0 saturated heterocycles. The molecule has 296 valence electrons. The normalized spacial score (nSPS) is 15.3. The van der Waals surface area contributed by atoms with Crippen LogP contribution in [0.3, 0.4) is 0 Å². The van der Waals surface area contributed by atoms with E-state index in [1.165, 1.54) is 44.9 Å². The Bertz CT molecular complexity index is 1020. The number of hydrogen-bond donors (Lipinski definition) is 4. The minimum Gasteiger partial charge on any atom is -0.462 e. The Kier molecular flexibility index (Phi) is 32.3. The van der Waals surface area contributed by atoms with E-state index in [-0.39, 0.29) is 19.4 Å². The van der Waals surface area contributed by atoms with E-state index < -0.39 is 57.9 Å². The van der Waals surface area contributed by atoms with Crippen molar-refractivity contribution in [2.24, 2.45) is 5.92 Å². The molecule has 4 N–H and O–H groups in total. The third-order valence-electron chi connectivity index (χ3n) is 7.74. The molecule has 0 aliphatic carbocycles. The molecular weight excluding hydrogens is 675 g/mol. The Balaban J connectivity index is 4.58. The number of allylic oxidation sites excluding steroid dienone is 6. The monoisotopic (exact) mass is 744 g/mol. The van der Waals surface area contributed by atoms with Crippen molar-refractivity contribution in [3.63, 3.8) is 0 Å². The summed E-state index contributed by atoms with van der Waals surface area (Å²) in [5, 5.41) is 28.4. The van der Waals surface area contributed by atoms with E-state index in [4.69, 9.17) is 19.1 Å². The van der Waals surface area contributed by atoms with E-state index >= 15 is 0 Å². The smallest absolute Gasteiger partial charge is 0.462 e. The number of carbonyl (C=O) groups excluding carboxylic acids is 2. The predicted octanol–water partition coefficient (Wildman–Crippen LogP) is 8.21. The van der Waals surface area contributed by atoms with Gasteiger partial charge in [-0.3, -0.25) is 18.6 Å². The van der Waals surface area contributed by atoms with Crippen LogP contribution < -0.4 is 0 Å². The van der Waals surface area contributed by atoms with Crippen LogP contribution in [0.25, 0.3) is 0 Å². The molecule has 0 aromatic carbocycles. The molecule has 0 spiro atoms. The Hall–Kier alpha value is -2.11. The summed E-state index contributed by atoms with van der Waals surface area (Å²) >= 11 is 0. The van der Waals surface area contributed by atoms with E-state index in [1.54, 1.807) is 18.2 Å². The van der Waals surface area contributed by atoms with E-state index in [9.17, 15) is 29.3 Å². The summed E-state index contributed by atoms with van der Waals surface area (Å²) in [5.41, 5.74) is 0. The van der Waals surface area contributed by atoms with Crippen molar-refractivity contribution in [1.29, 1.82) is 0 Å². The number of hydrogen-bond acceptors (Lipinski definition) is 10. The maximum absolute atomic E-state index is 12.5. The van der Waals surface area contributed by atoms with Gasteiger partial charge in [0.1, 0.15) is 12.7 Å². The Morgan fingerprint density at radius 1 is 0.725 bits per heavy atom. The van der Waals surface area contributed by atoms with Crippen LogP contribution in [0.2, 0.25) is 0 Å². The highest BCUT2D eigenvalue weighted by Crippen LogP contribution is 2.43. The average molecular weight is 745 g/mol. The first kappa shape index (κ1) is 48.9. The van der Waals surface area contributed by atoms with Crippen molar-refractivity contribution in [1.82, 2.24) is 0 Å². The van der Waals surface area contributed by atoms with Gasteiger partial charge in [0.05, 0.1) is 25.9 Å². The van der Waals surface area contributed by atoms with Crippen molar-refractivity contribution < 1.29 is 52.9 Å². The molecule has 2 unspecified atom stereocenters. The molecule has 0 bridgehead atoms. The zero-order valence-corrected chi connectivity index (χ0v) is 32.5. The van der Waals surface area contributed by atoms with Gasteiger partial charge in [0.15, 0.2) is 6.10 Å². The molecule has 0 saturated carbocycles. The summed E-state index contributed by atoms with van der Waals surface area (Å²) in [5.74, 6) is -0.331. The van der Waals surface area contributed by atoms with E-state index in [1.807, 2.05) is 18.2 Å². The van der Waals surface area contributed by atoms with Gasteiger partial charge in [-0.05, 0) is 50.9 Å². The molecule has 0 aliphatic rings. The third kappa shape index (κ3) is 34.7. The highest BCUT2D eigenvalue weighted by atomic mass is 31.2. The van der Waals surface area contributed by atoms with Gasteiger partial charge < -0.3 is 29.7 Å². The lowest BCUT2D eigenvalue weighted by molar-refractivity contribution is -0.161. The summed E-state index contributed by atoms with van der Waals surface area (Å²) < 4.78 is 32.4. The maximum Gasteiger partial charge on any atom is 0.472 e. The van der Waals surface area contributed by atoms with Gasteiger partial charge in [0, 0.05) is 12.8 Å². The Labute approximate surface area is 307 Å². The number of unbranched alkanes of at least 4 members (excludes halogenated alkanes) is 10. The minimum atomic E-state index is -4.65. The molecule has 11 nitrogen and oxygen atoms in total. The van der Waals surface area contributed by atoms with Crippen LogP contribution in [-0.2, 0) is 32.7 Å². The van der Waals surface area contributed by atoms with E-state index in [0.717, 1.165) is 38.0 Å². The molecule has 0 aromatic heterocycles. The molecule has 0 radical (unpaired) electrons. The van der Waals surface area contributed by atoms with Crippen LogP contribution in [0.1, 0.15) is 136 Å². The van der Waals surface area contributed by atoms with Crippen molar-refractivity contribution in [2.45, 2.75) is 155 Å². The van der Waals surface area contributed by atoms with Gasteiger partial charge in [-0.25, -0.2) is 4.57 Å². The van der Waals surface area contributed by atoms with Crippen LogP contribution >= 0.6 is 7.82 Å². The molecule has 0 heterocycles. The summed E-state index contributed by atoms with van der Waals surface area (Å²) in [6.45, 7) is 4.39. The zero-order valence-electron chi connectivity index (χ0n) is 31.6. The summed E-state index contributed by atoms with van der Waals surface area (Å²) in [4.78, 5) is 34.8. The second kappa shape index (κ2) is 33.7. The number of aliphatic hydroxyl groups excluding tert-OH is 3. The maximum atomic E-state index is 12.5. The lowest BCUT2D eigenvalue weighted by Crippen LogP contribution is -2.29. The van der Waals surface area contributed by atoms with Crippen molar-refractivity contribution >= 4 is 19.8 Å². The number of phosphoric ester groups is 1. The van der Waals surface area contributed by atoms with Gasteiger partial charge in [0.25, 0.3) is 0 Å². The minimum absolute atomic E-state index is 0.0480. The third-order valence-corrected chi connectivity index (χ3v) is 8.70. The largest absolute Gasteiger partial charge is 0.472 e. The zero-order chi connectivity index (χ0) is 38.0. The summed E-state index contributed by atoms with van der Waals surface area (Å²) in [7, 11) is -4.65. The van der Waals surface area contributed by atoms with Crippen LogP contribution in [0, 0.1) is 5.92 Å². The molecule has 0 aromatic rings. The lowest BCUT2D eigenvalue weighted by Gasteiger charge is -2.20. The fourth-order valence-corrected chi connectivity index (χ4v) is 5.51. The van der Waals surface area contributed by atoms with Crippen LogP contribution in [0.5, 0.6) is 0 Å². The quantitative estimate of drug-likeness (QED) is 0.0165. The molecule has 51 heavy (non-hydrogen) atoms. The number of carbonyl (C=O) groups is 2. The highest BCUT2D eigenvalue weighted by molar-refractivity contribution is 7.47. The number of phosphoric acid groups is 1. The van der Waals surface area contributed by atoms with Crippen LogP contribution in [0.15, 0.2) is 48.6 Å². The summed E-state index contributed by atoms with van der Waals surface area (Å²) in [6, 6.07) is 0. The number of rotatable bonds is 34. The van der Waals surface area contributed by atoms with Gasteiger partial charge in [0.2, 0.25) is 0 Å². The van der Waals surface area contributed by atoms with Crippen LogP contribution in [-0.4, -0.2) is 76.9 Å². The molecule has 0 aliphatic heterocycles.